The Labute approximate surface area is 201 Å². The van der Waals surface area contributed by atoms with Gasteiger partial charge in [0.1, 0.15) is 0 Å². The van der Waals surface area contributed by atoms with Gasteiger partial charge in [0.15, 0.2) is 17.4 Å². The number of halogens is 3. The average molecular weight is 481 g/mol. The highest BCUT2D eigenvalue weighted by atomic mass is 35.5. The molecule has 5 rings (SSSR count). The molecule has 1 N–H and O–H groups in total. The van der Waals surface area contributed by atoms with E-state index in [1.54, 1.807) is 36.4 Å². The second-order valence-electron chi connectivity index (χ2n) is 8.85. The number of hydrogen-bond donors (Lipinski definition) is 1. The van der Waals surface area contributed by atoms with Crippen molar-refractivity contribution in [2.75, 3.05) is 18.0 Å². The molecule has 2 aliphatic heterocycles. The number of fused-ring (bicyclic) bond motifs is 2. The van der Waals surface area contributed by atoms with E-state index < -0.39 is 29.0 Å². The highest BCUT2D eigenvalue weighted by Crippen LogP contribution is 2.53. The summed E-state index contributed by atoms with van der Waals surface area (Å²) in [6.45, 7) is 1.41. The largest absolute Gasteiger partial charge is 0.317 e. The van der Waals surface area contributed by atoms with Gasteiger partial charge in [-0.15, -0.1) is 0 Å². The van der Waals surface area contributed by atoms with Crippen molar-refractivity contribution in [3.63, 3.8) is 0 Å². The van der Waals surface area contributed by atoms with E-state index in [4.69, 9.17) is 11.6 Å². The summed E-state index contributed by atoms with van der Waals surface area (Å²) in [7, 11) is 0. The summed E-state index contributed by atoms with van der Waals surface area (Å²) >= 11 is 6.37. The first-order chi connectivity index (χ1) is 16.4. The highest BCUT2D eigenvalue weighted by Gasteiger charge is 2.54. The van der Waals surface area contributed by atoms with Crippen molar-refractivity contribution in [2.24, 2.45) is 0 Å². The number of benzene rings is 3. The van der Waals surface area contributed by atoms with Crippen LogP contribution in [0.25, 0.3) is 0 Å². The fourth-order valence-electron chi connectivity index (χ4n) is 5.44. The number of nitrogens with zero attached hydrogens (tertiary/aromatic N) is 1. The van der Waals surface area contributed by atoms with Gasteiger partial charge in [0, 0.05) is 28.1 Å². The van der Waals surface area contributed by atoms with E-state index >= 15 is 0 Å². The van der Waals surface area contributed by atoms with Crippen LogP contribution in [0.4, 0.5) is 14.5 Å². The van der Waals surface area contributed by atoms with E-state index in [0.717, 1.165) is 11.6 Å². The number of rotatable bonds is 4. The summed E-state index contributed by atoms with van der Waals surface area (Å²) in [5, 5.41) is 3.87. The van der Waals surface area contributed by atoms with Crippen LogP contribution >= 0.6 is 11.6 Å². The first-order valence-corrected chi connectivity index (χ1v) is 11.7. The quantitative estimate of drug-likeness (QED) is 0.499. The SMILES string of the molecule is O=C(C[C@H]1N(C(=O)c2cccc(F)c2F)c2ccc(Cl)cc2C12CCNCC2)c1ccccc1. The first kappa shape index (κ1) is 22.7. The van der Waals surface area contributed by atoms with E-state index in [1.165, 1.54) is 17.0 Å². The van der Waals surface area contributed by atoms with Gasteiger partial charge in [-0.3, -0.25) is 9.59 Å². The van der Waals surface area contributed by atoms with E-state index in [-0.39, 0.29) is 17.8 Å². The summed E-state index contributed by atoms with van der Waals surface area (Å²) in [5.74, 6) is -3.06. The molecule has 0 radical (unpaired) electrons. The molecule has 174 valence electrons. The molecule has 4 nitrogen and oxygen atoms in total. The molecule has 1 saturated heterocycles. The number of nitrogens with one attached hydrogen (secondary N) is 1. The van der Waals surface area contributed by atoms with Gasteiger partial charge in [0.05, 0.1) is 11.6 Å². The number of ketones is 1. The Hall–Kier alpha value is -3.09. The molecule has 0 bridgehead atoms. The van der Waals surface area contributed by atoms with Crippen LogP contribution in [0.3, 0.4) is 0 Å². The van der Waals surface area contributed by atoms with Crippen LogP contribution in [0.15, 0.2) is 66.7 Å². The van der Waals surface area contributed by atoms with Crippen molar-refractivity contribution in [1.82, 2.24) is 5.32 Å². The maximum Gasteiger partial charge on any atom is 0.261 e. The van der Waals surface area contributed by atoms with Gasteiger partial charge in [-0.25, -0.2) is 8.78 Å². The van der Waals surface area contributed by atoms with Crippen LogP contribution < -0.4 is 10.2 Å². The van der Waals surface area contributed by atoms with Crippen LogP contribution in [-0.2, 0) is 5.41 Å². The lowest BCUT2D eigenvalue weighted by molar-refractivity contribution is 0.0915. The fraction of sp³-hybridized carbons (Fsp3) is 0.259. The second-order valence-corrected chi connectivity index (χ2v) is 9.29. The Balaban J connectivity index is 1.66. The minimum Gasteiger partial charge on any atom is -0.317 e. The average Bonchev–Trinajstić information content (AvgIpc) is 3.09. The van der Waals surface area contributed by atoms with Crippen molar-refractivity contribution in [3.8, 4) is 0 Å². The Kier molecular flexibility index (Phi) is 5.96. The Morgan fingerprint density at radius 3 is 2.47 bits per heavy atom. The summed E-state index contributed by atoms with van der Waals surface area (Å²) in [5.41, 5.74) is 1.12. The molecule has 7 heteroatoms. The van der Waals surface area contributed by atoms with E-state index in [2.05, 4.69) is 5.32 Å². The maximum absolute atomic E-state index is 14.7. The normalized spacial score (nSPS) is 18.7. The molecular formula is C27H23ClF2N2O2. The summed E-state index contributed by atoms with van der Waals surface area (Å²) in [4.78, 5) is 28.6. The third-order valence-corrected chi connectivity index (χ3v) is 7.31. The minimum absolute atomic E-state index is 0.0546. The predicted octanol–water partition coefficient (Wildman–Crippen LogP) is 5.54. The standard InChI is InChI=1S/C27H23ClF2N2O2/c28-18-9-10-22-20(15-18)27(11-13-31-14-12-27)24(16-23(33)17-5-2-1-3-6-17)32(22)26(34)19-7-4-8-21(29)25(19)30/h1-10,15,24,31H,11-14,16H2/t24-/m1/s1. The lowest BCUT2D eigenvalue weighted by Gasteiger charge is -2.41. The Bertz CT molecular complexity index is 1260. The molecule has 3 aromatic rings. The number of anilines is 1. The molecule has 34 heavy (non-hydrogen) atoms. The number of hydrogen-bond acceptors (Lipinski definition) is 3. The fourth-order valence-corrected chi connectivity index (χ4v) is 5.61. The molecule has 1 spiro atoms. The Morgan fingerprint density at radius 1 is 1.00 bits per heavy atom. The van der Waals surface area contributed by atoms with Gasteiger partial charge in [0.2, 0.25) is 0 Å². The summed E-state index contributed by atoms with van der Waals surface area (Å²) in [6, 6.07) is 17.2. The van der Waals surface area contributed by atoms with Gasteiger partial charge in [0.25, 0.3) is 5.91 Å². The topological polar surface area (TPSA) is 49.4 Å². The molecule has 1 fully saturated rings. The van der Waals surface area contributed by atoms with Crippen molar-refractivity contribution in [2.45, 2.75) is 30.7 Å². The Morgan fingerprint density at radius 2 is 1.74 bits per heavy atom. The van der Waals surface area contributed by atoms with Crippen LogP contribution in [-0.4, -0.2) is 30.8 Å². The van der Waals surface area contributed by atoms with E-state index in [9.17, 15) is 18.4 Å². The van der Waals surface area contributed by atoms with Gasteiger partial charge < -0.3 is 10.2 Å². The van der Waals surface area contributed by atoms with Gasteiger partial charge in [-0.2, -0.15) is 0 Å². The zero-order chi connectivity index (χ0) is 23.9. The number of carbonyl (C=O) groups excluding carboxylic acids is 2. The minimum atomic E-state index is -1.19. The summed E-state index contributed by atoms with van der Waals surface area (Å²) in [6.07, 6.45) is 1.42. The third kappa shape index (κ3) is 3.71. The predicted molar refractivity (Wildman–Crippen MR) is 128 cm³/mol. The van der Waals surface area contributed by atoms with Crippen molar-refractivity contribution in [3.05, 3.63) is 100 Å². The molecule has 0 unspecified atom stereocenters. The monoisotopic (exact) mass is 480 g/mol. The zero-order valence-corrected chi connectivity index (χ0v) is 19.1. The molecule has 0 aliphatic carbocycles. The van der Waals surface area contributed by atoms with E-state index in [1.807, 2.05) is 12.1 Å². The third-order valence-electron chi connectivity index (χ3n) is 7.08. The van der Waals surface area contributed by atoms with Gasteiger partial charge in [-0.05, 0) is 61.8 Å². The van der Waals surface area contributed by atoms with Crippen molar-refractivity contribution >= 4 is 29.0 Å². The van der Waals surface area contributed by atoms with Crippen LogP contribution in [0, 0.1) is 11.6 Å². The lowest BCUT2D eigenvalue weighted by Crippen LogP contribution is -2.53. The second kappa shape index (κ2) is 8.93. The van der Waals surface area contributed by atoms with Crippen molar-refractivity contribution < 1.29 is 18.4 Å². The van der Waals surface area contributed by atoms with E-state index in [0.29, 0.717) is 42.2 Å². The maximum atomic E-state index is 14.7. The lowest BCUT2D eigenvalue weighted by atomic mass is 9.68. The molecule has 0 saturated carbocycles. The molecule has 0 aromatic heterocycles. The molecule has 1 atom stereocenters. The molecule has 2 heterocycles. The van der Waals surface area contributed by atoms with Crippen LogP contribution in [0.5, 0.6) is 0 Å². The molecule has 2 aliphatic rings. The van der Waals surface area contributed by atoms with Gasteiger partial charge in [-0.1, -0.05) is 48.0 Å². The van der Waals surface area contributed by atoms with Crippen LogP contribution in [0.2, 0.25) is 5.02 Å². The molecular weight excluding hydrogens is 458 g/mol. The number of Topliss-reactive ketones (excluding diaryl/α,β-unsaturated/α-hetero) is 1. The number of piperidine rings is 1. The van der Waals surface area contributed by atoms with Gasteiger partial charge >= 0.3 is 0 Å². The highest BCUT2D eigenvalue weighted by molar-refractivity contribution is 6.30. The molecule has 1 amide bonds. The first-order valence-electron chi connectivity index (χ1n) is 11.3. The smallest absolute Gasteiger partial charge is 0.261 e. The zero-order valence-electron chi connectivity index (χ0n) is 18.4. The number of amides is 1. The van der Waals surface area contributed by atoms with Crippen molar-refractivity contribution in [1.29, 1.82) is 0 Å². The molecule has 3 aromatic carbocycles. The number of carbonyl (C=O) groups is 2. The van der Waals surface area contributed by atoms with Crippen LogP contribution in [0.1, 0.15) is 45.5 Å². The summed E-state index contributed by atoms with van der Waals surface area (Å²) < 4.78 is 28.7.